The summed E-state index contributed by atoms with van der Waals surface area (Å²) in [4.78, 5) is 12.2. The third-order valence-electron chi connectivity index (χ3n) is 4.99. The SMILES string of the molecule is CCOC(=O)CC(B1OC(C)(C)C(C)(C)O1)c1cc(O)c(OC)cc1Br. The average molecular weight is 429 g/mol. The largest absolute Gasteiger partial charge is 0.504 e. The molecule has 0 radical (unpaired) electrons. The Morgan fingerprint density at radius 3 is 2.35 bits per heavy atom. The van der Waals surface area contributed by atoms with E-state index in [0.29, 0.717) is 22.4 Å². The molecule has 1 atom stereocenters. The Kier molecular flexibility index (Phi) is 6.30. The molecular weight excluding hydrogens is 403 g/mol. The summed E-state index contributed by atoms with van der Waals surface area (Å²) in [6.07, 6.45) is 0.0645. The highest BCUT2D eigenvalue weighted by Crippen LogP contribution is 2.44. The maximum absolute atomic E-state index is 12.2. The lowest BCUT2D eigenvalue weighted by Gasteiger charge is -2.32. The summed E-state index contributed by atoms with van der Waals surface area (Å²) in [5.41, 5.74) is -0.383. The summed E-state index contributed by atoms with van der Waals surface area (Å²) >= 11 is 3.50. The lowest BCUT2D eigenvalue weighted by molar-refractivity contribution is -0.143. The zero-order chi connectivity index (χ0) is 19.7. The highest BCUT2D eigenvalue weighted by Gasteiger charge is 2.54. The van der Waals surface area contributed by atoms with Crippen molar-refractivity contribution in [1.29, 1.82) is 0 Å². The fourth-order valence-electron chi connectivity index (χ4n) is 2.81. The second-order valence-corrected chi connectivity index (χ2v) is 8.14. The molecule has 1 aliphatic rings. The van der Waals surface area contributed by atoms with Gasteiger partial charge in [-0.2, -0.15) is 0 Å². The lowest BCUT2D eigenvalue weighted by Crippen LogP contribution is -2.41. The van der Waals surface area contributed by atoms with Gasteiger partial charge in [0, 0.05) is 10.3 Å². The number of ether oxygens (including phenoxy) is 2. The molecular formula is C18H26BBrO6. The van der Waals surface area contributed by atoms with Gasteiger partial charge >= 0.3 is 13.1 Å². The number of carbonyl (C=O) groups is 1. The monoisotopic (exact) mass is 428 g/mol. The van der Waals surface area contributed by atoms with Crippen LogP contribution >= 0.6 is 15.9 Å². The molecule has 8 heteroatoms. The van der Waals surface area contributed by atoms with E-state index in [9.17, 15) is 9.90 Å². The van der Waals surface area contributed by atoms with Crippen LogP contribution in [0, 0.1) is 0 Å². The number of aromatic hydroxyl groups is 1. The summed E-state index contributed by atoms with van der Waals surface area (Å²) in [5.74, 6) is -0.490. The number of esters is 1. The molecule has 0 aromatic heterocycles. The maximum atomic E-state index is 12.2. The molecule has 1 fully saturated rings. The van der Waals surface area contributed by atoms with Crippen LogP contribution in [0.4, 0.5) is 0 Å². The predicted molar refractivity (Wildman–Crippen MR) is 102 cm³/mol. The van der Waals surface area contributed by atoms with Gasteiger partial charge < -0.3 is 23.9 Å². The van der Waals surface area contributed by atoms with Crippen molar-refractivity contribution in [3.63, 3.8) is 0 Å². The molecule has 6 nitrogen and oxygen atoms in total. The molecule has 0 amide bonds. The van der Waals surface area contributed by atoms with Crippen LogP contribution in [0.15, 0.2) is 16.6 Å². The number of rotatable bonds is 6. The Balaban J connectivity index is 2.43. The van der Waals surface area contributed by atoms with E-state index in [-0.39, 0.29) is 18.1 Å². The minimum atomic E-state index is -0.659. The van der Waals surface area contributed by atoms with Crippen LogP contribution < -0.4 is 4.74 Å². The molecule has 1 aromatic rings. The summed E-state index contributed by atoms with van der Waals surface area (Å²) < 4.78 is 23.2. The van der Waals surface area contributed by atoms with E-state index in [1.165, 1.54) is 7.11 Å². The van der Waals surface area contributed by atoms with Gasteiger partial charge in [0.05, 0.1) is 31.3 Å². The van der Waals surface area contributed by atoms with Crippen LogP contribution in [0.1, 0.15) is 52.4 Å². The van der Waals surface area contributed by atoms with Crippen molar-refractivity contribution in [1.82, 2.24) is 0 Å². The topological polar surface area (TPSA) is 74.2 Å². The summed E-state index contributed by atoms with van der Waals surface area (Å²) in [5, 5.41) is 10.2. The van der Waals surface area contributed by atoms with Crippen molar-refractivity contribution in [3.8, 4) is 11.5 Å². The number of phenols is 1. The van der Waals surface area contributed by atoms with Crippen LogP contribution in [0.3, 0.4) is 0 Å². The number of phenolic OH excluding ortho intramolecular Hbond substituents is 1. The van der Waals surface area contributed by atoms with Gasteiger partial charge in [-0.15, -0.1) is 0 Å². The van der Waals surface area contributed by atoms with Crippen LogP contribution in [0.2, 0.25) is 0 Å². The molecule has 1 aromatic carbocycles. The molecule has 0 spiro atoms. The Morgan fingerprint density at radius 2 is 1.85 bits per heavy atom. The smallest absolute Gasteiger partial charge is 0.466 e. The molecule has 0 saturated carbocycles. The number of benzene rings is 1. The molecule has 144 valence electrons. The van der Waals surface area contributed by atoms with Crippen molar-refractivity contribution in [3.05, 3.63) is 22.2 Å². The van der Waals surface area contributed by atoms with Gasteiger partial charge in [-0.05, 0) is 52.3 Å². The summed E-state index contributed by atoms with van der Waals surface area (Å²) in [6.45, 7) is 9.87. The van der Waals surface area contributed by atoms with Crippen molar-refractivity contribution >= 4 is 29.0 Å². The lowest BCUT2D eigenvalue weighted by atomic mass is 9.66. The average Bonchev–Trinajstić information content (AvgIpc) is 2.75. The Bertz CT molecular complexity index is 660. The van der Waals surface area contributed by atoms with Gasteiger partial charge in [-0.1, -0.05) is 15.9 Å². The van der Waals surface area contributed by atoms with Crippen LogP contribution in [-0.2, 0) is 18.8 Å². The first-order valence-electron chi connectivity index (χ1n) is 8.60. The van der Waals surface area contributed by atoms with Gasteiger partial charge in [0.2, 0.25) is 0 Å². The molecule has 2 rings (SSSR count). The molecule has 1 aliphatic heterocycles. The predicted octanol–water partition coefficient (Wildman–Crippen LogP) is 3.83. The fraction of sp³-hybridized carbons (Fsp3) is 0.611. The third kappa shape index (κ3) is 4.18. The van der Waals surface area contributed by atoms with E-state index in [4.69, 9.17) is 18.8 Å². The molecule has 1 unspecified atom stereocenters. The molecule has 1 heterocycles. The van der Waals surface area contributed by atoms with Crippen molar-refractivity contribution in [2.24, 2.45) is 0 Å². The minimum Gasteiger partial charge on any atom is -0.504 e. The van der Waals surface area contributed by atoms with Gasteiger partial charge in [0.1, 0.15) is 0 Å². The van der Waals surface area contributed by atoms with Crippen LogP contribution in [-0.4, -0.2) is 43.1 Å². The Labute approximate surface area is 163 Å². The first-order chi connectivity index (χ1) is 12.0. The van der Waals surface area contributed by atoms with E-state index in [0.717, 1.165) is 0 Å². The van der Waals surface area contributed by atoms with Gasteiger partial charge in [0.25, 0.3) is 0 Å². The van der Waals surface area contributed by atoms with Gasteiger partial charge in [-0.3, -0.25) is 4.79 Å². The quantitative estimate of drug-likeness (QED) is 0.548. The normalized spacial score (nSPS) is 19.3. The Hall–Kier alpha value is -1.25. The zero-order valence-electron chi connectivity index (χ0n) is 16.1. The van der Waals surface area contributed by atoms with E-state index < -0.39 is 24.1 Å². The van der Waals surface area contributed by atoms with Crippen molar-refractivity contribution in [2.45, 2.75) is 58.1 Å². The number of methoxy groups -OCH3 is 1. The van der Waals surface area contributed by atoms with Gasteiger partial charge in [0.15, 0.2) is 11.5 Å². The number of carbonyl (C=O) groups excluding carboxylic acids is 1. The van der Waals surface area contributed by atoms with Crippen LogP contribution in [0.25, 0.3) is 0 Å². The third-order valence-corrected chi connectivity index (χ3v) is 5.68. The summed E-state index contributed by atoms with van der Waals surface area (Å²) in [6, 6.07) is 3.23. The fourth-order valence-corrected chi connectivity index (χ4v) is 3.43. The van der Waals surface area contributed by atoms with Crippen LogP contribution in [0.5, 0.6) is 11.5 Å². The molecule has 1 N–H and O–H groups in total. The summed E-state index contributed by atoms with van der Waals surface area (Å²) in [7, 11) is 0.819. The molecule has 1 saturated heterocycles. The minimum absolute atomic E-state index is 0.0175. The van der Waals surface area contributed by atoms with Crippen molar-refractivity contribution < 1.29 is 28.7 Å². The number of halogens is 1. The van der Waals surface area contributed by atoms with E-state index in [2.05, 4.69) is 15.9 Å². The zero-order valence-corrected chi connectivity index (χ0v) is 17.7. The first kappa shape index (κ1) is 21.1. The molecule has 26 heavy (non-hydrogen) atoms. The second kappa shape index (κ2) is 7.78. The Morgan fingerprint density at radius 1 is 1.27 bits per heavy atom. The standard InChI is InChI=1S/C18H26BBrO6/c1-7-24-16(22)9-12(19-25-17(2,3)18(4,5)26-19)11-8-14(21)15(23-6)10-13(11)20/h8,10,12,21H,7,9H2,1-6H3. The van der Waals surface area contributed by atoms with Crippen molar-refractivity contribution in [2.75, 3.05) is 13.7 Å². The molecule has 0 bridgehead atoms. The molecule has 0 aliphatic carbocycles. The maximum Gasteiger partial charge on any atom is 0.466 e. The first-order valence-corrected chi connectivity index (χ1v) is 9.39. The number of hydrogen-bond acceptors (Lipinski definition) is 6. The van der Waals surface area contributed by atoms with E-state index in [1.807, 2.05) is 27.7 Å². The van der Waals surface area contributed by atoms with Gasteiger partial charge in [-0.25, -0.2) is 0 Å². The highest BCUT2D eigenvalue weighted by molar-refractivity contribution is 9.10. The second-order valence-electron chi connectivity index (χ2n) is 7.29. The van der Waals surface area contributed by atoms with E-state index >= 15 is 0 Å². The number of hydrogen-bond donors (Lipinski definition) is 1. The van der Waals surface area contributed by atoms with E-state index in [1.54, 1.807) is 19.1 Å². The highest BCUT2D eigenvalue weighted by atomic mass is 79.9.